The third kappa shape index (κ3) is 1.92. The minimum absolute atomic E-state index is 0.206. The molecule has 3 atom stereocenters. The van der Waals surface area contributed by atoms with Crippen molar-refractivity contribution in [2.75, 3.05) is 6.61 Å². The second kappa shape index (κ2) is 4.20. The van der Waals surface area contributed by atoms with Gasteiger partial charge in [0.25, 0.3) is 5.56 Å². The lowest BCUT2D eigenvalue weighted by atomic mass is 10.2. The zero-order valence-corrected chi connectivity index (χ0v) is 8.37. The SMILES string of the molecule is O=c1ccn(C2C[C@H](O)[C@H](CO)O2)c(=O)[nH]1. The van der Waals surface area contributed by atoms with Crippen LogP contribution < -0.4 is 11.2 Å². The Bertz CT molecular complexity index is 479. The van der Waals surface area contributed by atoms with Crippen LogP contribution in [0.25, 0.3) is 0 Å². The molecule has 3 N–H and O–H groups in total. The average molecular weight is 228 g/mol. The Morgan fingerprint density at radius 2 is 2.31 bits per heavy atom. The number of H-pyrrole nitrogens is 1. The molecular weight excluding hydrogens is 216 g/mol. The van der Waals surface area contributed by atoms with E-state index in [0.29, 0.717) is 0 Å². The summed E-state index contributed by atoms with van der Waals surface area (Å²) in [7, 11) is 0. The van der Waals surface area contributed by atoms with Gasteiger partial charge in [-0.15, -0.1) is 0 Å². The number of hydrogen-bond acceptors (Lipinski definition) is 5. The van der Waals surface area contributed by atoms with Gasteiger partial charge in [-0.25, -0.2) is 4.79 Å². The Morgan fingerprint density at radius 3 is 2.88 bits per heavy atom. The molecule has 1 saturated heterocycles. The molecule has 1 aliphatic rings. The average Bonchev–Trinajstić information content (AvgIpc) is 2.59. The first-order valence-electron chi connectivity index (χ1n) is 4.87. The van der Waals surface area contributed by atoms with Crippen LogP contribution in [0.5, 0.6) is 0 Å². The molecule has 0 aliphatic carbocycles. The van der Waals surface area contributed by atoms with E-state index in [1.807, 2.05) is 0 Å². The lowest BCUT2D eigenvalue weighted by molar-refractivity contribution is -0.0459. The monoisotopic (exact) mass is 228 g/mol. The summed E-state index contributed by atoms with van der Waals surface area (Å²) in [6, 6.07) is 1.20. The Kier molecular flexibility index (Phi) is 2.90. The summed E-state index contributed by atoms with van der Waals surface area (Å²) in [5.74, 6) is 0. The van der Waals surface area contributed by atoms with Crippen molar-refractivity contribution in [2.24, 2.45) is 0 Å². The normalized spacial score (nSPS) is 29.5. The Morgan fingerprint density at radius 1 is 1.56 bits per heavy atom. The van der Waals surface area contributed by atoms with Crippen LogP contribution in [0.15, 0.2) is 21.9 Å². The molecule has 1 fully saturated rings. The van der Waals surface area contributed by atoms with Gasteiger partial charge in [0.2, 0.25) is 0 Å². The standard InChI is InChI=1S/C9H12N2O5/c12-4-6-5(13)3-8(16-6)11-2-1-7(14)10-9(11)15/h1-2,5-6,8,12-13H,3-4H2,(H,10,14,15)/t5-,6-,8?/m0/s1. The van der Waals surface area contributed by atoms with Gasteiger partial charge in [0.15, 0.2) is 0 Å². The molecule has 0 aromatic carbocycles. The molecule has 1 aliphatic heterocycles. The second-order valence-corrected chi connectivity index (χ2v) is 3.63. The zero-order chi connectivity index (χ0) is 11.7. The molecule has 2 heterocycles. The lowest BCUT2D eigenvalue weighted by Gasteiger charge is -2.13. The predicted molar refractivity (Wildman–Crippen MR) is 52.9 cm³/mol. The maximum Gasteiger partial charge on any atom is 0.330 e. The summed E-state index contributed by atoms with van der Waals surface area (Å²) in [5, 5.41) is 18.4. The third-order valence-electron chi connectivity index (χ3n) is 2.55. The first-order chi connectivity index (χ1) is 7.61. The Labute approximate surface area is 89.9 Å². The van der Waals surface area contributed by atoms with Crippen molar-refractivity contribution in [1.82, 2.24) is 9.55 Å². The first kappa shape index (κ1) is 11.1. The summed E-state index contributed by atoms with van der Waals surface area (Å²) >= 11 is 0. The number of nitrogens with one attached hydrogen (secondary N) is 1. The summed E-state index contributed by atoms with van der Waals surface area (Å²) in [5.41, 5.74) is -1.08. The van der Waals surface area contributed by atoms with E-state index < -0.39 is 29.7 Å². The molecule has 7 nitrogen and oxygen atoms in total. The minimum Gasteiger partial charge on any atom is -0.394 e. The van der Waals surface area contributed by atoms with E-state index >= 15 is 0 Å². The van der Waals surface area contributed by atoms with E-state index in [9.17, 15) is 14.7 Å². The smallest absolute Gasteiger partial charge is 0.330 e. The van der Waals surface area contributed by atoms with Crippen LogP contribution in [0.1, 0.15) is 12.6 Å². The maximum atomic E-state index is 11.4. The summed E-state index contributed by atoms with van der Waals surface area (Å²) in [6.07, 6.45) is -0.649. The molecular formula is C9H12N2O5. The minimum atomic E-state index is -0.811. The first-order valence-corrected chi connectivity index (χ1v) is 4.87. The van der Waals surface area contributed by atoms with Crippen molar-refractivity contribution < 1.29 is 14.9 Å². The summed E-state index contributed by atoms with van der Waals surface area (Å²) in [4.78, 5) is 24.3. The number of ether oxygens (including phenoxy) is 1. The van der Waals surface area contributed by atoms with Crippen LogP contribution in [-0.2, 0) is 4.74 Å². The van der Waals surface area contributed by atoms with Crippen molar-refractivity contribution >= 4 is 0 Å². The van der Waals surface area contributed by atoms with Crippen LogP contribution in [0.3, 0.4) is 0 Å². The molecule has 88 valence electrons. The molecule has 0 spiro atoms. The van der Waals surface area contributed by atoms with Crippen molar-refractivity contribution in [3.8, 4) is 0 Å². The van der Waals surface area contributed by atoms with E-state index in [-0.39, 0.29) is 13.0 Å². The van der Waals surface area contributed by atoms with E-state index in [2.05, 4.69) is 4.98 Å². The van der Waals surface area contributed by atoms with Gasteiger partial charge in [-0.05, 0) is 0 Å². The zero-order valence-electron chi connectivity index (χ0n) is 8.37. The molecule has 7 heteroatoms. The van der Waals surface area contributed by atoms with Crippen LogP contribution in [0.4, 0.5) is 0 Å². The Balaban J connectivity index is 2.27. The number of aromatic amines is 1. The largest absolute Gasteiger partial charge is 0.394 e. The van der Waals surface area contributed by atoms with E-state index in [1.165, 1.54) is 16.8 Å². The predicted octanol–water partition coefficient (Wildman–Crippen LogP) is -1.82. The number of aromatic nitrogens is 2. The summed E-state index contributed by atoms with van der Waals surface area (Å²) < 4.78 is 6.45. The number of rotatable bonds is 2. The highest BCUT2D eigenvalue weighted by atomic mass is 16.5. The van der Waals surface area contributed by atoms with Crippen molar-refractivity contribution in [3.05, 3.63) is 33.1 Å². The van der Waals surface area contributed by atoms with Crippen LogP contribution >= 0.6 is 0 Å². The van der Waals surface area contributed by atoms with Gasteiger partial charge in [-0.2, -0.15) is 0 Å². The molecule has 0 saturated carbocycles. The van der Waals surface area contributed by atoms with Gasteiger partial charge in [-0.3, -0.25) is 14.3 Å². The van der Waals surface area contributed by atoms with Gasteiger partial charge in [0, 0.05) is 18.7 Å². The van der Waals surface area contributed by atoms with Gasteiger partial charge >= 0.3 is 5.69 Å². The van der Waals surface area contributed by atoms with Gasteiger partial charge in [-0.1, -0.05) is 0 Å². The molecule has 1 unspecified atom stereocenters. The van der Waals surface area contributed by atoms with Crippen LogP contribution in [0, 0.1) is 0 Å². The highest BCUT2D eigenvalue weighted by molar-refractivity contribution is 4.88. The van der Waals surface area contributed by atoms with Crippen molar-refractivity contribution in [2.45, 2.75) is 24.9 Å². The topological polar surface area (TPSA) is 105 Å². The molecule has 16 heavy (non-hydrogen) atoms. The highest BCUT2D eigenvalue weighted by Gasteiger charge is 2.34. The van der Waals surface area contributed by atoms with Gasteiger partial charge < -0.3 is 14.9 Å². The fraction of sp³-hybridized carbons (Fsp3) is 0.556. The quantitative estimate of drug-likeness (QED) is 0.552. The Hall–Kier alpha value is -1.44. The maximum absolute atomic E-state index is 11.4. The van der Waals surface area contributed by atoms with E-state index in [1.54, 1.807) is 0 Å². The van der Waals surface area contributed by atoms with Crippen LogP contribution in [0.2, 0.25) is 0 Å². The molecule has 0 amide bonds. The molecule has 1 aromatic rings. The molecule has 1 aromatic heterocycles. The number of aliphatic hydroxyl groups is 2. The van der Waals surface area contributed by atoms with Crippen LogP contribution in [-0.4, -0.2) is 38.6 Å². The second-order valence-electron chi connectivity index (χ2n) is 3.63. The molecule has 0 bridgehead atoms. The number of aliphatic hydroxyl groups excluding tert-OH is 2. The lowest BCUT2D eigenvalue weighted by Crippen LogP contribution is -2.31. The number of nitrogens with zero attached hydrogens (tertiary/aromatic N) is 1. The summed E-state index contributed by atoms with van der Waals surface area (Å²) in [6.45, 7) is -0.310. The van der Waals surface area contributed by atoms with Gasteiger partial charge in [0.05, 0.1) is 12.7 Å². The van der Waals surface area contributed by atoms with E-state index in [0.717, 1.165) is 0 Å². The molecule has 2 rings (SSSR count). The van der Waals surface area contributed by atoms with Crippen molar-refractivity contribution in [3.63, 3.8) is 0 Å². The highest BCUT2D eigenvalue weighted by Crippen LogP contribution is 2.26. The number of hydrogen-bond donors (Lipinski definition) is 3. The van der Waals surface area contributed by atoms with Gasteiger partial charge in [0.1, 0.15) is 12.3 Å². The third-order valence-corrected chi connectivity index (χ3v) is 2.55. The fourth-order valence-corrected chi connectivity index (χ4v) is 1.70. The fourth-order valence-electron chi connectivity index (χ4n) is 1.70. The molecule has 0 radical (unpaired) electrons. The van der Waals surface area contributed by atoms with E-state index in [4.69, 9.17) is 9.84 Å². The van der Waals surface area contributed by atoms with Crippen molar-refractivity contribution in [1.29, 1.82) is 0 Å².